The SMILES string of the molecule is CCCCCCCC1CCCCCCCCCCCCC(CCCCCC)C2SC(C)=NC12. The van der Waals surface area contributed by atoms with Crippen molar-refractivity contribution in [1.29, 1.82) is 0 Å². The van der Waals surface area contributed by atoms with E-state index in [0.29, 0.717) is 6.04 Å². The molecule has 0 radical (unpaired) electrons. The smallest absolute Gasteiger partial charge is 0.0662 e. The fourth-order valence-electron chi connectivity index (χ4n) is 6.36. The molecule has 0 amide bonds. The third-order valence-electron chi connectivity index (χ3n) is 8.43. The Labute approximate surface area is 213 Å². The van der Waals surface area contributed by atoms with Crippen LogP contribution in [0.1, 0.15) is 168 Å². The summed E-state index contributed by atoms with van der Waals surface area (Å²) in [5, 5.41) is 2.18. The van der Waals surface area contributed by atoms with E-state index in [4.69, 9.17) is 4.99 Å². The summed E-state index contributed by atoms with van der Waals surface area (Å²) < 4.78 is 0. The molecule has 1 heterocycles. The highest BCUT2D eigenvalue weighted by Crippen LogP contribution is 2.42. The first kappa shape index (κ1) is 29.3. The highest BCUT2D eigenvalue weighted by molar-refractivity contribution is 8.14. The van der Waals surface area contributed by atoms with Gasteiger partial charge in [0, 0.05) is 5.25 Å². The number of hydrogen-bond donors (Lipinski definition) is 0. The minimum Gasteiger partial charge on any atom is -0.278 e. The van der Waals surface area contributed by atoms with E-state index in [9.17, 15) is 0 Å². The number of rotatable bonds is 11. The Morgan fingerprint density at radius 1 is 0.606 bits per heavy atom. The van der Waals surface area contributed by atoms with Crippen LogP contribution in [0.4, 0.5) is 0 Å². The van der Waals surface area contributed by atoms with Gasteiger partial charge in [-0.2, -0.15) is 0 Å². The Bertz CT molecular complexity index is 487. The quantitative estimate of drug-likeness (QED) is 0.269. The van der Waals surface area contributed by atoms with Crippen LogP contribution >= 0.6 is 11.8 Å². The number of thioether (sulfide) groups is 1. The van der Waals surface area contributed by atoms with Crippen LogP contribution < -0.4 is 0 Å². The second-order valence-corrected chi connectivity index (χ2v) is 12.8. The Kier molecular flexibility index (Phi) is 17.1. The van der Waals surface area contributed by atoms with Gasteiger partial charge in [0.25, 0.3) is 0 Å². The first-order chi connectivity index (χ1) is 16.3. The normalized spacial score (nSPS) is 28.4. The molecule has 0 aromatic carbocycles. The lowest BCUT2D eigenvalue weighted by molar-refractivity contribution is 0.286. The monoisotopic (exact) mass is 477 g/mol. The summed E-state index contributed by atoms with van der Waals surface area (Å²) in [6, 6.07) is 0.616. The summed E-state index contributed by atoms with van der Waals surface area (Å²) in [6.07, 6.45) is 33.2. The fourth-order valence-corrected chi connectivity index (χ4v) is 7.82. The molecule has 2 rings (SSSR count). The predicted octanol–water partition coefficient (Wildman–Crippen LogP) is 11.1. The zero-order valence-electron chi connectivity index (χ0n) is 22.9. The maximum atomic E-state index is 5.38. The molecule has 1 fully saturated rings. The number of unbranched alkanes of at least 4 members (excludes halogenated alkanes) is 7. The Morgan fingerprint density at radius 3 is 1.64 bits per heavy atom. The topological polar surface area (TPSA) is 12.4 Å². The lowest BCUT2D eigenvalue weighted by Crippen LogP contribution is -2.33. The molecule has 0 spiro atoms. The van der Waals surface area contributed by atoms with Gasteiger partial charge in [0.05, 0.1) is 11.1 Å². The van der Waals surface area contributed by atoms with Crippen LogP contribution in [0.2, 0.25) is 0 Å². The first-order valence-electron chi connectivity index (χ1n) is 15.5. The van der Waals surface area contributed by atoms with Gasteiger partial charge >= 0.3 is 0 Å². The summed E-state index contributed by atoms with van der Waals surface area (Å²) in [6.45, 7) is 6.99. The van der Waals surface area contributed by atoms with E-state index in [1.54, 1.807) is 0 Å². The van der Waals surface area contributed by atoms with E-state index in [2.05, 4.69) is 32.5 Å². The molecule has 2 aliphatic rings. The fraction of sp³-hybridized carbons (Fsp3) is 0.968. The van der Waals surface area contributed by atoms with Gasteiger partial charge in [-0.25, -0.2) is 0 Å². The maximum absolute atomic E-state index is 5.38. The van der Waals surface area contributed by atoms with Crippen LogP contribution in [0.25, 0.3) is 0 Å². The summed E-state index contributed by atoms with van der Waals surface area (Å²) in [4.78, 5) is 5.38. The van der Waals surface area contributed by atoms with Gasteiger partial charge in [0.1, 0.15) is 0 Å². The predicted molar refractivity (Wildman–Crippen MR) is 153 cm³/mol. The van der Waals surface area contributed by atoms with Gasteiger partial charge in [-0.05, 0) is 44.4 Å². The third kappa shape index (κ3) is 12.5. The molecule has 0 saturated heterocycles. The van der Waals surface area contributed by atoms with Gasteiger partial charge in [0.15, 0.2) is 0 Å². The van der Waals surface area contributed by atoms with E-state index in [-0.39, 0.29) is 0 Å². The molecule has 0 aromatic heterocycles. The van der Waals surface area contributed by atoms with Gasteiger partial charge in [-0.3, -0.25) is 4.99 Å². The minimum absolute atomic E-state index is 0.616. The van der Waals surface area contributed by atoms with E-state index in [0.717, 1.165) is 17.1 Å². The average molecular weight is 478 g/mol. The molecule has 4 atom stereocenters. The molecule has 1 aliphatic carbocycles. The van der Waals surface area contributed by atoms with E-state index in [1.165, 1.54) is 153 Å². The van der Waals surface area contributed by atoms with Crippen molar-refractivity contribution >= 4 is 16.8 Å². The number of fused-ring (bicyclic) bond motifs is 1. The van der Waals surface area contributed by atoms with Crippen molar-refractivity contribution in [2.24, 2.45) is 16.8 Å². The van der Waals surface area contributed by atoms with Crippen LogP contribution in [0.15, 0.2) is 4.99 Å². The Balaban J connectivity index is 2.05. The standard InChI is InChI=1S/C31H59NS/c1-4-6-8-16-20-23-28-24-21-17-14-12-10-11-13-15-18-22-26-29(25-19-9-7-5-2)31-30(28)32-27(3)33-31/h28-31H,4-26H2,1-3H3. The van der Waals surface area contributed by atoms with E-state index in [1.807, 2.05) is 0 Å². The molecule has 33 heavy (non-hydrogen) atoms. The lowest BCUT2D eigenvalue weighted by atomic mass is 9.80. The highest BCUT2D eigenvalue weighted by Gasteiger charge is 2.38. The Morgan fingerprint density at radius 2 is 1.06 bits per heavy atom. The third-order valence-corrected chi connectivity index (χ3v) is 9.81. The second kappa shape index (κ2) is 19.2. The van der Waals surface area contributed by atoms with Gasteiger partial charge in [-0.15, -0.1) is 11.8 Å². The molecule has 4 unspecified atom stereocenters. The molecule has 194 valence electrons. The molecular weight excluding hydrogens is 418 g/mol. The molecule has 0 aromatic rings. The van der Waals surface area contributed by atoms with Gasteiger partial charge in [0.2, 0.25) is 0 Å². The first-order valence-corrected chi connectivity index (χ1v) is 16.3. The molecule has 2 heteroatoms. The van der Waals surface area contributed by atoms with Gasteiger partial charge in [-0.1, -0.05) is 136 Å². The van der Waals surface area contributed by atoms with Crippen LogP contribution in [-0.2, 0) is 0 Å². The van der Waals surface area contributed by atoms with Crippen molar-refractivity contribution < 1.29 is 0 Å². The molecular formula is C31H59NS. The number of hydrogen-bond acceptors (Lipinski definition) is 2. The Hall–Kier alpha value is 0.0200. The summed E-state index contributed by atoms with van der Waals surface area (Å²) in [5.74, 6) is 1.74. The molecule has 1 saturated carbocycles. The minimum atomic E-state index is 0.616. The van der Waals surface area contributed by atoms with Crippen LogP contribution in [-0.4, -0.2) is 16.3 Å². The summed E-state index contributed by atoms with van der Waals surface area (Å²) in [5.41, 5.74) is 0. The second-order valence-electron chi connectivity index (χ2n) is 11.4. The average Bonchev–Trinajstić information content (AvgIpc) is 3.20. The molecule has 0 N–H and O–H groups in total. The van der Waals surface area contributed by atoms with Crippen LogP contribution in [0.5, 0.6) is 0 Å². The van der Waals surface area contributed by atoms with Crippen LogP contribution in [0.3, 0.4) is 0 Å². The largest absolute Gasteiger partial charge is 0.278 e. The van der Waals surface area contributed by atoms with Crippen molar-refractivity contribution in [2.45, 2.75) is 180 Å². The van der Waals surface area contributed by atoms with Crippen LogP contribution in [0, 0.1) is 11.8 Å². The van der Waals surface area contributed by atoms with E-state index < -0.39 is 0 Å². The summed E-state index contributed by atoms with van der Waals surface area (Å²) in [7, 11) is 0. The zero-order chi connectivity index (χ0) is 23.6. The number of nitrogens with zero attached hydrogens (tertiary/aromatic N) is 1. The molecule has 0 bridgehead atoms. The number of aliphatic imine (C=N–C) groups is 1. The van der Waals surface area contributed by atoms with Crippen molar-refractivity contribution in [3.63, 3.8) is 0 Å². The lowest BCUT2D eigenvalue weighted by Gasteiger charge is -2.32. The van der Waals surface area contributed by atoms with Crippen molar-refractivity contribution in [3.05, 3.63) is 0 Å². The van der Waals surface area contributed by atoms with Crippen molar-refractivity contribution in [1.82, 2.24) is 0 Å². The highest BCUT2D eigenvalue weighted by atomic mass is 32.2. The molecule has 1 nitrogen and oxygen atoms in total. The summed E-state index contributed by atoms with van der Waals surface area (Å²) >= 11 is 2.19. The van der Waals surface area contributed by atoms with Crippen molar-refractivity contribution in [2.75, 3.05) is 0 Å². The zero-order valence-corrected chi connectivity index (χ0v) is 23.7. The van der Waals surface area contributed by atoms with E-state index >= 15 is 0 Å². The van der Waals surface area contributed by atoms with Gasteiger partial charge < -0.3 is 0 Å². The molecule has 1 aliphatic heterocycles. The maximum Gasteiger partial charge on any atom is 0.0662 e. The van der Waals surface area contributed by atoms with Crippen molar-refractivity contribution in [3.8, 4) is 0 Å².